The fourth-order valence-corrected chi connectivity index (χ4v) is 0.767. The van der Waals surface area contributed by atoms with Gasteiger partial charge in [0.05, 0.1) is 12.1 Å². The monoisotopic (exact) mass is 202 g/mol. The summed E-state index contributed by atoms with van der Waals surface area (Å²) in [5, 5.41) is 10.7. The zero-order chi connectivity index (χ0) is 11.1. The number of hydrogen-bond acceptors (Lipinski definition) is 4. The van der Waals surface area contributed by atoms with Crippen molar-refractivity contribution in [3.8, 4) is 0 Å². The molecule has 0 aromatic rings. The van der Waals surface area contributed by atoms with Crippen LogP contribution in [0.25, 0.3) is 0 Å². The van der Waals surface area contributed by atoms with Gasteiger partial charge in [-0.15, -0.1) is 0 Å². The third-order valence-electron chi connectivity index (χ3n) is 1.57. The molecule has 0 radical (unpaired) electrons. The quantitative estimate of drug-likeness (QED) is 0.473. The fourth-order valence-electron chi connectivity index (χ4n) is 0.767. The molecule has 0 saturated carbocycles. The van der Waals surface area contributed by atoms with E-state index in [-0.39, 0.29) is 12.8 Å². The molecule has 6 nitrogen and oxygen atoms in total. The lowest BCUT2D eigenvalue weighted by atomic mass is 10.1. The Kier molecular flexibility index (Phi) is 5.47. The summed E-state index contributed by atoms with van der Waals surface area (Å²) in [5.41, 5.74) is 5.25. The van der Waals surface area contributed by atoms with Gasteiger partial charge < -0.3 is 21.0 Å². The summed E-state index contributed by atoms with van der Waals surface area (Å²) < 4.78 is 0. The number of carboxylic acid groups (broad SMARTS) is 1. The van der Waals surface area contributed by atoms with Crippen LogP contribution in [0.15, 0.2) is 0 Å². The third kappa shape index (κ3) is 5.26. The van der Waals surface area contributed by atoms with Gasteiger partial charge in [-0.05, 0) is 13.3 Å². The minimum atomic E-state index is -1.01. The SMILES string of the molecule is C[C@@H](N)C(=O)N[C@H](C=O)CCC(=O)O. The van der Waals surface area contributed by atoms with Gasteiger partial charge in [0.2, 0.25) is 5.91 Å². The molecule has 6 heteroatoms. The Labute approximate surface area is 81.5 Å². The molecule has 0 fully saturated rings. The summed E-state index contributed by atoms with van der Waals surface area (Å²) in [6, 6.07) is -1.48. The number of aliphatic carboxylic acids is 1. The van der Waals surface area contributed by atoms with Crippen molar-refractivity contribution < 1.29 is 19.5 Å². The van der Waals surface area contributed by atoms with Crippen LogP contribution in [0.4, 0.5) is 0 Å². The molecular weight excluding hydrogens is 188 g/mol. The van der Waals surface area contributed by atoms with Crippen molar-refractivity contribution in [1.29, 1.82) is 0 Å². The average Bonchev–Trinajstić information content (AvgIpc) is 2.11. The summed E-state index contributed by atoms with van der Waals surface area (Å²) in [4.78, 5) is 31.6. The standard InChI is InChI=1S/C8H14N2O4/c1-5(9)8(14)10-6(4-11)2-3-7(12)13/h4-6H,2-3,9H2,1H3,(H,10,14)(H,12,13)/t5-,6+/m1/s1. The molecule has 0 spiro atoms. The number of rotatable bonds is 6. The fraction of sp³-hybridized carbons (Fsp3) is 0.625. The average molecular weight is 202 g/mol. The lowest BCUT2D eigenvalue weighted by Gasteiger charge is -2.13. The van der Waals surface area contributed by atoms with E-state index in [1.54, 1.807) is 0 Å². The molecule has 14 heavy (non-hydrogen) atoms. The first-order chi connectivity index (χ1) is 6.47. The minimum absolute atomic E-state index is 0.0806. The van der Waals surface area contributed by atoms with E-state index in [0.717, 1.165) is 0 Å². The predicted molar refractivity (Wildman–Crippen MR) is 48.5 cm³/mol. The van der Waals surface area contributed by atoms with Gasteiger partial charge >= 0.3 is 5.97 Å². The molecule has 0 saturated heterocycles. The highest BCUT2D eigenvalue weighted by atomic mass is 16.4. The van der Waals surface area contributed by atoms with E-state index in [2.05, 4.69) is 5.32 Å². The van der Waals surface area contributed by atoms with E-state index in [0.29, 0.717) is 6.29 Å². The van der Waals surface area contributed by atoms with Gasteiger partial charge in [0.25, 0.3) is 0 Å². The van der Waals surface area contributed by atoms with E-state index < -0.39 is 24.0 Å². The predicted octanol–water partition coefficient (Wildman–Crippen LogP) is -1.12. The van der Waals surface area contributed by atoms with E-state index in [1.165, 1.54) is 6.92 Å². The first-order valence-electron chi connectivity index (χ1n) is 4.20. The third-order valence-corrected chi connectivity index (χ3v) is 1.57. The number of nitrogens with one attached hydrogen (secondary N) is 1. The van der Waals surface area contributed by atoms with Gasteiger partial charge in [-0.2, -0.15) is 0 Å². The van der Waals surface area contributed by atoms with Crippen LogP contribution in [0.1, 0.15) is 19.8 Å². The Bertz CT molecular complexity index is 227. The van der Waals surface area contributed by atoms with Crippen molar-refractivity contribution in [3.63, 3.8) is 0 Å². The van der Waals surface area contributed by atoms with Crippen molar-refractivity contribution in [2.75, 3.05) is 0 Å². The van der Waals surface area contributed by atoms with Crippen LogP contribution in [0.3, 0.4) is 0 Å². The molecule has 0 heterocycles. The van der Waals surface area contributed by atoms with E-state index >= 15 is 0 Å². The highest BCUT2D eigenvalue weighted by Crippen LogP contribution is 1.95. The molecule has 0 unspecified atom stereocenters. The summed E-state index contributed by atoms with van der Waals surface area (Å²) in [5.74, 6) is -1.47. The normalized spacial score (nSPS) is 14.1. The van der Waals surface area contributed by atoms with Gasteiger partial charge in [0, 0.05) is 6.42 Å². The molecule has 0 aromatic heterocycles. The Balaban J connectivity index is 3.96. The molecular formula is C8H14N2O4. The molecule has 0 aliphatic carbocycles. The number of hydrogen-bond donors (Lipinski definition) is 3. The van der Waals surface area contributed by atoms with Gasteiger partial charge in [-0.3, -0.25) is 9.59 Å². The van der Waals surface area contributed by atoms with Gasteiger partial charge in [-0.1, -0.05) is 0 Å². The largest absolute Gasteiger partial charge is 0.481 e. The van der Waals surface area contributed by atoms with Crippen molar-refractivity contribution in [2.24, 2.45) is 5.73 Å². The van der Waals surface area contributed by atoms with Gasteiger partial charge in [0.1, 0.15) is 6.29 Å². The van der Waals surface area contributed by atoms with Crippen molar-refractivity contribution in [3.05, 3.63) is 0 Å². The highest BCUT2D eigenvalue weighted by molar-refractivity contribution is 5.83. The second kappa shape index (κ2) is 6.09. The lowest BCUT2D eigenvalue weighted by Crippen LogP contribution is -2.44. The summed E-state index contributed by atoms with van der Waals surface area (Å²) in [6.45, 7) is 1.48. The second-order valence-electron chi connectivity index (χ2n) is 2.97. The number of carboxylic acids is 1. The van der Waals surface area contributed by atoms with E-state index in [1.807, 2.05) is 0 Å². The number of amides is 1. The zero-order valence-electron chi connectivity index (χ0n) is 7.90. The van der Waals surface area contributed by atoms with Crippen LogP contribution in [0.2, 0.25) is 0 Å². The molecule has 0 rings (SSSR count). The summed E-state index contributed by atoms with van der Waals surface area (Å²) in [6.07, 6.45) is 0.420. The molecule has 80 valence electrons. The lowest BCUT2D eigenvalue weighted by molar-refractivity contribution is -0.137. The summed E-state index contributed by atoms with van der Waals surface area (Å²) >= 11 is 0. The Morgan fingerprint density at radius 3 is 2.50 bits per heavy atom. The maximum Gasteiger partial charge on any atom is 0.303 e. The molecule has 0 aliphatic rings. The van der Waals surface area contributed by atoms with Crippen molar-refractivity contribution in [2.45, 2.75) is 31.8 Å². The summed E-state index contributed by atoms with van der Waals surface area (Å²) in [7, 11) is 0. The van der Waals surface area contributed by atoms with Crippen LogP contribution in [0, 0.1) is 0 Å². The Morgan fingerprint density at radius 2 is 2.14 bits per heavy atom. The smallest absolute Gasteiger partial charge is 0.303 e. The Hall–Kier alpha value is -1.43. The molecule has 2 atom stereocenters. The van der Waals surface area contributed by atoms with Crippen LogP contribution in [-0.2, 0) is 14.4 Å². The topological polar surface area (TPSA) is 109 Å². The number of carbonyl (C=O) groups excluding carboxylic acids is 2. The molecule has 4 N–H and O–H groups in total. The van der Waals surface area contributed by atoms with E-state index in [4.69, 9.17) is 10.8 Å². The highest BCUT2D eigenvalue weighted by Gasteiger charge is 2.14. The van der Waals surface area contributed by atoms with Crippen LogP contribution in [-0.4, -0.2) is 35.4 Å². The van der Waals surface area contributed by atoms with Crippen molar-refractivity contribution in [1.82, 2.24) is 5.32 Å². The maximum atomic E-state index is 11.0. The van der Waals surface area contributed by atoms with Gasteiger partial charge in [0.15, 0.2) is 0 Å². The molecule has 0 aromatic carbocycles. The maximum absolute atomic E-state index is 11.0. The molecule has 0 bridgehead atoms. The second-order valence-corrected chi connectivity index (χ2v) is 2.97. The molecule has 0 aliphatic heterocycles. The van der Waals surface area contributed by atoms with Crippen molar-refractivity contribution >= 4 is 18.2 Å². The van der Waals surface area contributed by atoms with Crippen LogP contribution >= 0.6 is 0 Å². The Morgan fingerprint density at radius 1 is 1.57 bits per heavy atom. The number of aldehydes is 1. The van der Waals surface area contributed by atoms with E-state index in [9.17, 15) is 14.4 Å². The minimum Gasteiger partial charge on any atom is -0.481 e. The first kappa shape index (κ1) is 12.6. The number of carbonyl (C=O) groups is 3. The number of nitrogens with two attached hydrogens (primary N) is 1. The molecule has 1 amide bonds. The first-order valence-corrected chi connectivity index (χ1v) is 4.20. The zero-order valence-corrected chi connectivity index (χ0v) is 7.90. The van der Waals surface area contributed by atoms with Gasteiger partial charge in [-0.25, -0.2) is 0 Å². The van der Waals surface area contributed by atoms with Crippen LogP contribution < -0.4 is 11.1 Å². The van der Waals surface area contributed by atoms with Crippen LogP contribution in [0.5, 0.6) is 0 Å².